The average Bonchev–Trinajstić information content (AvgIpc) is 2.11. The quantitative estimate of drug-likeness (QED) is 0.654. The molecule has 0 amide bonds. The molecule has 0 saturated carbocycles. The molecule has 0 aromatic heterocycles. The molecule has 0 nitrogen and oxygen atoms in total. The van der Waals surface area contributed by atoms with Gasteiger partial charge >= 0.3 is 0 Å². The first-order valence-electron chi connectivity index (χ1n) is 5.28. The highest BCUT2D eigenvalue weighted by molar-refractivity contribution is 5.34. The van der Waals surface area contributed by atoms with Gasteiger partial charge in [-0.1, -0.05) is 38.8 Å². The normalized spacial score (nSPS) is 10.4. The molecule has 0 spiro atoms. The average molecular weight is 175 g/mol. The highest BCUT2D eigenvalue weighted by Crippen LogP contribution is 2.17. The van der Waals surface area contributed by atoms with Gasteiger partial charge < -0.3 is 0 Å². The van der Waals surface area contributed by atoms with Crippen LogP contribution in [-0.4, -0.2) is 0 Å². The van der Waals surface area contributed by atoms with E-state index in [1.807, 2.05) is 0 Å². The SMILES string of the molecule is CCCc1c[c]cc(C)c1CCC. The van der Waals surface area contributed by atoms with E-state index < -0.39 is 0 Å². The van der Waals surface area contributed by atoms with Crippen LogP contribution in [0.4, 0.5) is 0 Å². The van der Waals surface area contributed by atoms with Crippen LogP contribution in [0.3, 0.4) is 0 Å². The summed E-state index contributed by atoms with van der Waals surface area (Å²) < 4.78 is 0. The van der Waals surface area contributed by atoms with Crippen LogP contribution in [0.1, 0.15) is 43.4 Å². The fraction of sp³-hybridized carbons (Fsp3) is 0.538. The van der Waals surface area contributed by atoms with E-state index >= 15 is 0 Å². The third-order valence-corrected chi connectivity index (χ3v) is 2.44. The van der Waals surface area contributed by atoms with E-state index in [1.54, 1.807) is 5.56 Å². The first-order chi connectivity index (χ1) is 6.29. The second kappa shape index (κ2) is 5.06. The smallest absolute Gasteiger partial charge is 0.0178 e. The largest absolute Gasteiger partial charge is 0.0651 e. The Morgan fingerprint density at radius 3 is 2.38 bits per heavy atom. The van der Waals surface area contributed by atoms with Crippen LogP contribution in [0.25, 0.3) is 0 Å². The molecule has 71 valence electrons. The molecule has 0 heterocycles. The highest BCUT2D eigenvalue weighted by Gasteiger charge is 2.03. The van der Waals surface area contributed by atoms with Gasteiger partial charge in [0.25, 0.3) is 0 Å². The molecule has 0 atom stereocenters. The summed E-state index contributed by atoms with van der Waals surface area (Å²) in [6.07, 6.45) is 4.89. The van der Waals surface area contributed by atoms with Gasteiger partial charge in [-0.25, -0.2) is 0 Å². The lowest BCUT2D eigenvalue weighted by Gasteiger charge is -2.10. The van der Waals surface area contributed by atoms with Gasteiger partial charge in [0.1, 0.15) is 0 Å². The molecule has 0 N–H and O–H groups in total. The van der Waals surface area contributed by atoms with E-state index in [2.05, 4.69) is 39.0 Å². The first-order valence-corrected chi connectivity index (χ1v) is 5.28. The summed E-state index contributed by atoms with van der Waals surface area (Å²) in [5.74, 6) is 0. The van der Waals surface area contributed by atoms with Gasteiger partial charge in [-0.05, 0) is 42.5 Å². The number of benzene rings is 1. The van der Waals surface area contributed by atoms with Crippen LogP contribution < -0.4 is 0 Å². The summed E-state index contributed by atoms with van der Waals surface area (Å²) in [5.41, 5.74) is 4.47. The molecule has 0 heteroatoms. The summed E-state index contributed by atoms with van der Waals surface area (Å²) in [6.45, 7) is 6.67. The molecular formula is C13H19. The van der Waals surface area contributed by atoms with E-state index in [-0.39, 0.29) is 0 Å². The lowest BCUT2D eigenvalue weighted by molar-refractivity contribution is 0.854. The first kappa shape index (κ1) is 10.3. The summed E-state index contributed by atoms with van der Waals surface area (Å²) in [5, 5.41) is 0. The Kier molecular flexibility index (Phi) is 4.01. The van der Waals surface area contributed by atoms with Crippen LogP contribution in [0, 0.1) is 13.0 Å². The Bertz CT molecular complexity index is 261. The van der Waals surface area contributed by atoms with Crippen LogP contribution in [0.15, 0.2) is 12.1 Å². The zero-order valence-corrected chi connectivity index (χ0v) is 8.98. The van der Waals surface area contributed by atoms with Crippen LogP contribution in [0.2, 0.25) is 0 Å². The standard InChI is InChI=1S/C13H19/c1-4-7-12-10-6-9-11(3)13(12)8-5-2/h9-10H,4-5,7-8H2,1-3H3. The Hall–Kier alpha value is -0.780. The van der Waals surface area contributed by atoms with Crippen molar-refractivity contribution >= 4 is 0 Å². The van der Waals surface area contributed by atoms with Crippen molar-refractivity contribution in [3.63, 3.8) is 0 Å². The van der Waals surface area contributed by atoms with Crippen molar-refractivity contribution in [2.75, 3.05) is 0 Å². The molecule has 13 heavy (non-hydrogen) atoms. The van der Waals surface area contributed by atoms with Gasteiger partial charge in [0.15, 0.2) is 0 Å². The maximum Gasteiger partial charge on any atom is -0.0178 e. The summed E-state index contributed by atoms with van der Waals surface area (Å²) in [4.78, 5) is 0. The molecule has 1 radical (unpaired) electrons. The molecule has 1 rings (SSSR count). The van der Waals surface area contributed by atoms with Gasteiger partial charge in [0.05, 0.1) is 0 Å². The Morgan fingerprint density at radius 2 is 1.77 bits per heavy atom. The maximum absolute atomic E-state index is 3.21. The third kappa shape index (κ3) is 2.58. The lowest BCUT2D eigenvalue weighted by Crippen LogP contribution is -1.96. The van der Waals surface area contributed by atoms with Crippen molar-refractivity contribution in [2.45, 2.75) is 46.5 Å². The number of aryl methyl sites for hydroxylation is 2. The molecular weight excluding hydrogens is 156 g/mol. The number of hydrogen-bond donors (Lipinski definition) is 0. The minimum Gasteiger partial charge on any atom is -0.0651 e. The predicted molar refractivity (Wildman–Crippen MR) is 58.0 cm³/mol. The van der Waals surface area contributed by atoms with Crippen molar-refractivity contribution in [2.24, 2.45) is 0 Å². The number of rotatable bonds is 4. The van der Waals surface area contributed by atoms with Crippen molar-refractivity contribution < 1.29 is 0 Å². The van der Waals surface area contributed by atoms with Crippen molar-refractivity contribution in [3.05, 3.63) is 34.9 Å². The topological polar surface area (TPSA) is 0 Å². The molecule has 0 fully saturated rings. The molecule has 1 aromatic carbocycles. The Balaban J connectivity index is 2.95. The molecule has 0 bridgehead atoms. The van der Waals surface area contributed by atoms with E-state index in [0.717, 1.165) is 0 Å². The number of hydrogen-bond acceptors (Lipinski definition) is 0. The van der Waals surface area contributed by atoms with Crippen molar-refractivity contribution in [1.82, 2.24) is 0 Å². The minimum atomic E-state index is 1.20. The Labute approximate surface area is 82.0 Å². The zero-order valence-electron chi connectivity index (χ0n) is 8.98. The highest BCUT2D eigenvalue weighted by atomic mass is 14.1. The fourth-order valence-corrected chi connectivity index (χ4v) is 1.79. The summed E-state index contributed by atoms with van der Waals surface area (Å²) in [7, 11) is 0. The second-order valence-electron chi connectivity index (χ2n) is 3.64. The summed E-state index contributed by atoms with van der Waals surface area (Å²) >= 11 is 0. The molecule has 0 aliphatic heterocycles. The molecule has 0 aliphatic rings. The van der Waals surface area contributed by atoms with Gasteiger partial charge in [0, 0.05) is 0 Å². The van der Waals surface area contributed by atoms with E-state index in [4.69, 9.17) is 0 Å². The van der Waals surface area contributed by atoms with Gasteiger partial charge in [-0.15, -0.1) is 0 Å². The second-order valence-corrected chi connectivity index (χ2v) is 3.64. The molecule has 1 aromatic rings. The van der Waals surface area contributed by atoms with Crippen LogP contribution >= 0.6 is 0 Å². The lowest BCUT2D eigenvalue weighted by atomic mass is 9.95. The van der Waals surface area contributed by atoms with E-state index in [9.17, 15) is 0 Å². The van der Waals surface area contributed by atoms with Crippen LogP contribution in [-0.2, 0) is 12.8 Å². The predicted octanol–water partition coefficient (Wildman–Crippen LogP) is 3.70. The molecule has 0 saturated heterocycles. The van der Waals surface area contributed by atoms with Gasteiger partial charge in [0.2, 0.25) is 0 Å². The minimum absolute atomic E-state index is 1.20. The fourth-order valence-electron chi connectivity index (χ4n) is 1.79. The third-order valence-electron chi connectivity index (χ3n) is 2.44. The molecule has 0 unspecified atom stereocenters. The van der Waals surface area contributed by atoms with Gasteiger partial charge in [-0.2, -0.15) is 0 Å². The van der Waals surface area contributed by atoms with Crippen molar-refractivity contribution in [3.8, 4) is 0 Å². The van der Waals surface area contributed by atoms with E-state index in [0.29, 0.717) is 0 Å². The molecule has 0 aliphatic carbocycles. The van der Waals surface area contributed by atoms with Crippen molar-refractivity contribution in [1.29, 1.82) is 0 Å². The van der Waals surface area contributed by atoms with E-state index in [1.165, 1.54) is 36.8 Å². The zero-order chi connectivity index (χ0) is 9.68. The van der Waals surface area contributed by atoms with Gasteiger partial charge in [-0.3, -0.25) is 0 Å². The Morgan fingerprint density at radius 1 is 1.08 bits per heavy atom. The maximum atomic E-state index is 3.21. The summed E-state index contributed by atoms with van der Waals surface area (Å²) in [6, 6.07) is 7.47. The van der Waals surface area contributed by atoms with Crippen LogP contribution in [0.5, 0.6) is 0 Å². The monoisotopic (exact) mass is 175 g/mol.